The highest BCUT2D eigenvalue weighted by molar-refractivity contribution is 5.90. The minimum absolute atomic E-state index is 0.492. The van der Waals surface area contributed by atoms with Gasteiger partial charge < -0.3 is 4.74 Å². The molecule has 0 N–H and O–H groups in total. The lowest BCUT2D eigenvalue weighted by molar-refractivity contribution is 0.414. The summed E-state index contributed by atoms with van der Waals surface area (Å²) in [6.07, 6.45) is 1.76. The van der Waals surface area contributed by atoms with Gasteiger partial charge in [-0.1, -0.05) is 30.3 Å². The lowest BCUT2D eigenvalue weighted by Crippen LogP contribution is -1.88. The molecule has 0 saturated heterocycles. The van der Waals surface area contributed by atoms with Crippen LogP contribution in [0.1, 0.15) is 16.7 Å². The molecule has 0 saturated carbocycles. The predicted octanol–water partition coefficient (Wildman–Crippen LogP) is 3.63. The Labute approximate surface area is 118 Å². The number of nitriles is 2. The van der Waals surface area contributed by atoms with Crippen LogP contribution >= 0.6 is 0 Å². The molecule has 0 amide bonds. The summed E-state index contributed by atoms with van der Waals surface area (Å²) in [4.78, 5) is 0. The molecular weight excluding hydrogens is 248 g/mol. The van der Waals surface area contributed by atoms with Crippen LogP contribution in [0.25, 0.3) is 11.6 Å². The third-order valence-electron chi connectivity index (χ3n) is 2.86. The maximum atomic E-state index is 9.33. The molecule has 0 fully saturated rings. The van der Waals surface area contributed by atoms with Crippen molar-refractivity contribution in [1.82, 2.24) is 0 Å². The molecule has 3 nitrogen and oxygen atoms in total. The molecule has 0 aliphatic carbocycles. The SMILES string of the molecule is COc1ccccc1C=C(C#N)c1cccc(C#N)c1. The molecule has 0 radical (unpaired) electrons. The summed E-state index contributed by atoms with van der Waals surface area (Å²) in [5.41, 5.74) is 2.57. The first kappa shape index (κ1) is 13.4. The third-order valence-corrected chi connectivity index (χ3v) is 2.86. The summed E-state index contributed by atoms with van der Waals surface area (Å²) in [5.74, 6) is 0.705. The summed E-state index contributed by atoms with van der Waals surface area (Å²) < 4.78 is 5.27. The Morgan fingerprint density at radius 3 is 2.60 bits per heavy atom. The van der Waals surface area contributed by atoms with E-state index >= 15 is 0 Å². The van der Waals surface area contributed by atoms with Gasteiger partial charge >= 0.3 is 0 Å². The van der Waals surface area contributed by atoms with Crippen LogP contribution in [0, 0.1) is 22.7 Å². The van der Waals surface area contributed by atoms with Gasteiger partial charge in [-0.3, -0.25) is 0 Å². The summed E-state index contributed by atoms with van der Waals surface area (Å²) in [7, 11) is 1.59. The minimum atomic E-state index is 0.492. The number of nitrogens with zero attached hydrogens (tertiary/aromatic N) is 2. The molecule has 96 valence electrons. The maximum Gasteiger partial charge on any atom is 0.126 e. The monoisotopic (exact) mass is 260 g/mol. The zero-order valence-electron chi connectivity index (χ0n) is 11.0. The number of benzene rings is 2. The molecule has 0 spiro atoms. The van der Waals surface area contributed by atoms with Crippen molar-refractivity contribution in [3.05, 3.63) is 65.2 Å². The first-order valence-corrected chi connectivity index (χ1v) is 6.04. The fourth-order valence-corrected chi connectivity index (χ4v) is 1.88. The van der Waals surface area contributed by atoms with E-state index in [4.69, 9.17) is 10.00 Å². The van der Waals surface area contributed by atoms with Gasteiger partial charge in [0.05, 0.1) is 30.4 Å². The van der Waals surface area contributed by atoms with E-state index in [-0.39, 0.29) is 0 Å². The van der Waals surface area contributed by atoms with Crippen molar-refractivity contribution in [2.75, 3.05) is 7.11 Å². The van der Waals surface area contributed by atoms with Crippen molar-refractivity contribution >= 4 is 11.6 Å². The van der Waals surface area contributed by atoms with Crippen LogP contribution in [-0.2, 0) is 0 Å². The topological polar surface area (TPSA) is 56.8 Å². The summed E-state index contributed by atoms with van der Waals surface area (Å²) >= 11 is 0. The molecule has 2 rings (SSSR count). The van der Waals surface area contributed by atoms with Gasteiger partial charge in [0.1, 0.15) is 5.75 Å². The molecule has 2 aromatic carbocycles. The van der Waals surface area contributed by atoms with Crippen molar-refractivity contribution in [1.29, 1.82) is 10.5 Å². The molecule has 2 aromatic rings. The number of ether oxygens (including phenoxy) is 1. The van der Waals surface area contributed by atoms with Gasteiger partial charge in [0.25, 0.3) is 0 Å². The minimum Gasteiger partial charge on any atom is -0.496 e. The van der Waals surface area contributed by atoms with Crippen molar-refractivity contribution in [3.63, 3.8) is 0 Å². The van der Waals surface area contributed by atoms with E-state index in [1.165, 1.54) is 0 Å². The predicted molar refractivity (Wildman–Crippen MR) is 77.6 cm³/mol. The largest absolute Gasteiger partial charge is 0.496 e. The van der Waals surface area contributed by atoms with Crippen molar-refractivity contribution in [2.45, 2.75) is 0 Å². The van der Waals surface area contributed by atoms with Crippen LogP contribution in [0.15, 0.2) is 48.5 Å². The second-order valence-corrected chi connectivity index (χ2v) is 4.10. The lowest BCUT2D eigenvalue weighted by Gasteiger charge is -2.05. The zero-order valence-corrected chi connectivity index (χ0v) is 11.0. The normalized spacial score (nSPS) is 10.4. The van der Waals surface area contributed by atoms with Gasteiger partial charge in [-0.2, -0.15) is 10.5 Å². The van der Waals surface area contributed by atoms with E-state index in [2.05, 4.69) is 12.1 Å². The standard InChI is InChI=1S/C17H12N2O/c1-20-17-8-3-2-6-15(17)10-16(12-19)14-7-4-5-13(9-14)11-18/h2-10H,1H3. The van der Waals surface area contributed by atoms with Crippen LogP contribution in [0.3, 0.4) is 0 Å². The highest BCUT2D eigenvalue weighted by Gasteiger charge is 2.05. The molecule has 3 heteroatoms. The molecule has 0 atom stereocenters. The fraction of sp³-hybridized carbons (Fsp3) is 0.0588. The number of hydrogen-bond acceptors (Lipinski definition) is 3. The quantitative estimate of drug-likeness (QED) is 0.625. The van der Waals surface area contributed by atoms with Crippen LogP contribution < -0.4 is 4.74 Å². The van der Waals surface area contributed by atoms with Crippen LogP contribution in [0.4, 0.5) is 0 Å². The number of rotatable bonds is 3. The van der Waals surface area contributed by atoms with Gasteiger partial charge in [-0.05, 0) is 29.8 Å². The summed E-state index contributed by atoms with van der Waals surface area (Å²) in [6, 6.07) is 18.7. The smallest absolute Gasteiger partial charge is 0.126 e. The Morgan fingerprint density at radius 2 is 1.90 bits per heavy atom. The average molecular weight is 260 g/mol. The molecule has 0 bridgehead atoms. The third kappa shape index (κ3) is 2.85. The number of para-hydroxylation sites is 1. The number of methoxy groups -OCH3 is 1. The summed E-state index contributed by atoms with van der Waals surface area (Å²) in [5, 5.41) is 18.2. The Kier molecular flexibility index (Phi) is 4.17. The number of allylic oxidation sites excluding steroid dienone is 1. The first-order valence-electron chi connectivity index (χ1n) is 6.04. The van der Waals surface area contributed by atoms with Gasteiger partial charge in [-0.15, -0.1) is 0 Å². The van der Waals surface area contributed by atoms with E-state index in [1.54, 1.807) is 31.4 Å². The van der Waals surface area contributed by atoms with Crippen molar-refractivity contribution in [3.8, 4) is 17.9 Å². The molecule has 20 heavy (non-hydrogen) atoms. The molecule has 0 heterocycles. The Hall–Kier alpha value is -3.04. The summed E-state index contributed by atoms with van der Waals surface area (Å²) in [6.45, 7) is 0. The van der Waals surface area contributed by atoms with Crippen molar-refractivity contribution in [2.24, 2.45) is 0 Å². The van der Waals surface area contributed by atoms with Gasteiger partial charge in [0.2, 0.25) is 0 Å². The van der Waals surface area contributed by atoms with Gasteiger partial charge in [0, 0.05) is 5.56 Å². The van der Waals surface area contributed by atoms with Crippen LogP contribution in [-0.4, -0.2) is 7.11 Å². The van der Waals surface area contributed by atoms with Crippen LogP contribution in [0.2, 0.25) is 0 Å². The Bertz CT molecular complexity index is 733. The van der Waals surface area contributed by atoms with E-state index in [0.717, 1.165) is 11.1 Å². The molecule has 0 unspecified atom stereocenters. The van der Waals surface area contributed by atoms with E-state index in [9.17, 15) is 5.26 Å². The lowest BCUT2D eigenvalue weighted by atomic mass is 10.0. The Morgan fingerprint density at radius 1 is 1.10 bits per heavy atom. The zero-order chi connectivity index (χ0) is 14.4. The van der Waals surface area contributed by atoms with E-state index < -0.39 is 0 Å². The average Bonchev–Trinajstić information content (AvgIpc) is 2.53. The fourth-order valence-electron chi connectivity index (χ4n) is 1.88. The molecule has 0 aliphatic rings. The highest BCUT2D eigenvalue weighted by Crippen LogP contribution is 2.24. The first-order chi connectivity index (χ1) is 9.78. The second kappa shape index (κ2) is 6.22. The van der Waals surface area contributed by atoms with E-state index in [1.807, 2.05) is 30.3 Å². The van der Waals surface area contributed by atoms with Gasteiger partial charge in [-0.25, -0.2) is 0 Å². The number of hydrogen-bond donors (Lipinski definition) is 0. The second-order valence-electron chi connectivity index (χ2n) is 4.10. The molecule has 0 aromatic heterocycles. The molecular formula is C17H12N2O. The van der Waals surface area contributed by atoms with Crippen LogP contribution in [0.5, 0.6) is 5.75 Å². The van der Waals surface area contributed by atoms with Gasteiger partial charge in [0.15, 0.2) is 0 Å². The molecule has 0 aliphatic heterocycles. The van der Waals surface area contributed by atoms with E-state index in [0.29, 0.717) is 16.9 Å². The van der Waals surface area contributed by atoms with Crippen molar-refractivity contribution < 1.29 is 4.74 Å². The highest BCUT2D eigenvalue weighted by atomic mass is 16.5. The maximum absolute atomic E-state index is 9.33. The Balaban J connectivity index is 2.49.